The predicted octanol–water partition coefficient (Wildman–Crippen LogP) is 6.58. The first-order valence-corrected chi connectivity index (χ1v) is 11.1. The SMILES string of the molecule is O=C1SC(c2cc(I)ccc2Cl)=NC1=Cc1ccc(OCc2ccccc2)cc1. The monoisotopic (exact) mass is 531 g/mol. The van der Waals surface area contributed by atoms with Gasteiger partial charge in [-0.25, -0.2) is 4.99 Å². The Kier molecular flexibility index (Phi) is 6.37. The summed E-state index contributed by atoms with van der Waals surface area (Å²) in [6.45, 7) is 0.515. The van der Waals surface area contributed by atoms with Crippen LogP contribution in [-0.2, 0) is 11.4 Å². The van der Waals surface area contributed by atoms with Gasteiger partial charge < -0.3 is 4.74 Å². The van der Waals surface area contributed by atoms with Crippen molar-refractivity contribution in [3.63, 3.8) is 0 Å². The lowest BCUT2D eigenvalue weighted by atomic mass is 10.2. The molecule has 0 N–H and O–H groups in total. The smallest absolute Gasteiger partial charge is 0.244 e. The summed E-state index contributed by atoms with van der Waals surface area (Å²) >= 11 is 9.61. The van der Waals surface area contributed by atoms with E-state index in [2.05, 4.69) is 27.6 Å². The molecule has 1 aliphatic heterocycles. The van der Waals surface area contributed by atoms with E-state index in [9.17, 15) is 4.79 Å². The standard InChI is InChI=1S/C23H15ClINO2S/c24-20-11-8-17(25)13-19(20)22-26-21(23(27)29-22)12-15-6-9-18(10-7-15)28-14-16-4-2-1-3-5-16/h1-13H,14H2. The van der Waals surface area contributed by atoms with Gasteiger partial charge >= 0.3 is 0 Å². The molecule has 29 heavy (non-hydrogen) atoms. The third-order valence-corrected chi connectivity index (χ3v) is 6.11. The molecule has 3 nitrogen and oxygen atoms in total. The van der Waals surface area contributed by atoms with Crippen molar-refractivity contribution < 1.29 is 9.53 Å². The molecule has 0 aromatic heterocycles. The molecule has 0 atom stereocenters. The Morgan fingerprint density at radius 2 is 1.79 bits per heavy atom. The molecule has 4 rings (SSSR count). The van der Waals surface area contributed by atoms with Gasteiger partial charge in [0.05, 0.1) is 5.02 Å². The number of aliphatic imine (C=N–C) groups is 1. The summed E-state index contributed by atoms with van der Waals surface area (Å²) in [5.41, 5.74) is 3.20. The lowest BCUT2D eigenvalue weighted by molar-refractivity contribution is -0.107. The van der Waals surface area contributed by atoms with Gasteiger partial charge in [-0.2, -0.15) is 0 Å². The van der Waals surface area contributed by atoms with Crippen molar-refractivity contribution in [2.75, 3.05) is 0 Å². The molecule has 0 spiro atoms. The van der Waals surface area contributed by atoms with Crippen LogP contribution in [0.3, 0.4) is 0 Å². The third-order valence-electron chi connectivity index (χ3n) is 4.21. The van der Waals surface area contributed by atoms with Crippen molar-refractivity contribution in [3.8, 4) is 5.75 Å². The number of ether oxygens (including phenoxy) is 1. The first-order chi connectivity index (χ1) is 14.1. The molecule has 6 heteroatoms. The van der Waals surface area contributed by atoms with Gasteiger partial charge in [-0.15, -0.1) is 0 Å². The molecule has 0 radical (unpaired) electrons. The van der Waals surface area contributed by atoms with E-state index in [0.29, 0.717) is 22.4 Å². The molecular weight excluding hydrogens is 517 g/mol. The predicted molar refractivity (Wildman–Crippen MR) is 128 cm³/mol. The van der Waals surface area contributed by atoms with Crippen LogP contribution in [0.25, 0.3) is 6.08 Å². The highest BCUT2D eigenvalue weighted by Crippen LogP contribution is 2.32. The lowest BCUT2D eigenvalue weighted by Crippen LogP contribution is -1.95. The van der Waals surface area contributed by atoms with Crippen molar-refractivity contribution in [3.05, 3.63) is 104 Å². The highest BCUT2D eigenvalue weighted by Gasteiger charge is 2.24. The van der Waals surface area contributed by atoms with Crippen molar-refractivity contribution in [1.82, 2.24) is 0 Å². The van der Waals surface area contributed by atoms with E-state index < -0.39 is 0 Å². The molecule has 0 fully saturated rings. The second-order valence-electron chi connectivity index (χ2n) is 6.30. The average Bonchev–Trinajstić information content (AvgIpc) is 3.10. The van der Waals surface area contributed by atoms with Crippen LogP contribution in [0.5, 0.6) is 5.75 Å². The van der Waals surface area contributed by atoms with Crippen LogP contribution in [0.1, 0.15) is 16.7 Å². The zero-order valence-corrected chi connectivity index (χ0v) is 18.9. The van der Waals surface area contributed by atoms with Crippen molar-refractivity contribution in [2.45, 2.75) is 6.61 Å². The number of hydrogen-bond acceptors (Lipinski definition) is 4. The highest BCUT2D eigenvalue weighted by molar-refractivity contribution is 14.1. The Morgan fingerprint density at radius 3 is 2.55 bits per heavy atom. The van der Waals surface area contributed by atoms with Crippen LogP contribution < -0.4 is 4.74 Å². The Hall–Kier alpha value is -2.09. The van der Waals surface area contributed by atoms with E-state index >= 15 is 0 Å². The van der Waals surface area contributed by atoms with E-state index in [1.165, 1.54) is 0 Å². The van der Waals surface area contributed by atoms with E-state index in [0.717, 1.165) is 37.8 Å². The maximum Gasteiger partial charge on any atom is 0.244 e. The molecule has 0 amide bonds. The molecule has 0 bridgehead atoms. The fourth-order valence-corrected chi connectivity index (χ4v) is 4.31. The summed E-state index contributed by atoms with van der Waals surface area (Å²) < 4.78 is 6.85. The molecular formula is C23H15ClINO2S. The van der Waals surface area contributed by atoms with Gasteiger partial charge in [-0.1, -0.05) is 54.1 Å². The molecule has 0 saturated carbocycles. The van der Waals surface area contributed by atoms with Crippen molar-refractivity contribution in [1.29, 1.82) is 0 Å². The van der Waals surface area contributed by atoms with Crippen LogP contribution >= 0.6 is 46.0 Å². The van der Waals surface area contributed by atoms with Crippen LogP contribution in [-0.4, -0.2) is 10.2 Å². The average molecular weight is 532 g/mol. The third kappa shape index (κ3) is 5.10. The number of carbonyl (C=O) groups is 1. The van der Waals surface area contributed by atoms with Gasteiger partial charge in [-0.05, 0) is 81.9 Å². The zero-order valence-electron chi connectivity index (χ0n) is 15.1. The van der Waals surface area contributed by atoms with Gasteiger partial charge in [0.15, 0.2) is 0 Å². The fourth-order valence-electron chi connectivity index (χ4n) is 2.74. The van der Waals surface area contributed by atoms with Crippen molar-refractivity contribution in [2.24, 2.45) is 4.99 Å². The van der Waals surface area contributed by atoms with Crippen LogP contribution in [0.2, 0.25) is 5.02 Å². The number of rotatable bonds is 5. The van der Waals surface area contributed by atoms with Crippen LogP contribution in [0.4, 0.5) is 0 Å². The van der Waals surface area contributed by atoms with Gasteiger partial charge in [-0.3, -0.25) is 4.79 Å². The van der Waals surface area contributed by atoms with Gasteiger partial charge in [0.1, 0.15) is 23.1 Å². The maximum atomic E-state index is 12.4. The van der Waals surface area contributed by atoms with Gasteiger partial charge in [0.25, 0.3) is 0 Å². The minimum Gasteiger partial charge on any atom is -0.489 e. The molecule has 3 aromatic carbocycles. The molecule has 0 saturated heterocycles. The molecule has 1 aliphatic rings. The molecule has 0 unspecified atom stereocenters. The molecule has 3 aromatic rings. The normalized spacial score (nSPS) is 14.9. The Balaban J connectivity index is 1.49. The fraction of sp³-hybridized carbons (Fsp3) is 0.0435. The summed E-state index contributed by atoms with van der Waals surface area (Å²) in [6.07, 6.45) is 1.78. The minimum atomic E-state index is -0.0840. The number of benzene rings is 3. The second kappa shape index (κ2) is 9.15. The first kappa shape index (κ1) is 20.2. The molecule has 0 aliphatic carbocycles. The number of nitrogens with zero attached hydrogens (tertiary/aromatic N) is 1. The minimum absolute atomic E-state index is 0.0840. The Morgan fingerprint density at radius 1 is 1.03 bits per heavy atom. The summed E-state index contributed by atoms with van der Waals surface area (Å²) in [5.74, 6) is 0.776. The molecule has 144 valence electrons. The summed E-state index contributed by atoms with van der Waals surface area (Å²) in [7, 11) is 0. The highest BCUT2D eigenvalue weighted by atomic mass is 127. The Labute approximate surface area is 192 Å². The summed E-state index contributed by atoms with van der Waals surface area (Å²) in [5, 5.41) is 1.14. The van der Waals surface area contributed by atoms with Crippen LogP contribution in [0.15, 0.2) is 83.5 Å². The van der Waals surface area contributed by atoms with Gasteiger partial charge in [0, 0.05) is 9.13 Å². The van der Waals surface area contributed by atoms with E-state index in [1.807, 2.05) is 72.8 Å². The topological polar surface area (TPSA) is 38.7 Å². The number of halogens is 2. The number of hydrogen-bond donors (Lipinski definition) is 0. The Bertz CT molecular complexity index is 1110. The number of thioether (sulfide) groups is 1. The quantitative estimate of drug-likeness (QED) is 0.276. The van der Waals surface area contributed by atoms with E-state index in [4.69, 9.17) is 16.3 Å². The number of carbonyl (C=O) groups excluding carboxylic acids is 1. The summed E-state index contributed by atoms with van der Waals surface area (Å²) in [4.78, 5) is 16.9. The maximum absolute atomic E-state index is 12.4. The zero-order chi connectivity index (χ0) is 20.2. The summed E-state index contributed by atoms with van der Waals surface area (Å²) in [6, 6.07) is 23.3. The molecule has 1 heterocycles. The van der Waals surface area contributed by atoms with Gasteiger partial charge in [0.2, 0.25) is 5.12 Å². The van der Waals surface area contributed by atoms with E-state index in [1.54, 1.807) is 6.08 Å². The second-order valence-corrected chi connectivity index (χ2v) is 8.92. The first-order valence-electron chi connectivity index (χ1n) is 8.83. The largest absolute Gasteiger partial charge is 0.489 e. The lowest BCUT2D eigenvalue weighted by Gasteiger charge is -2.06. The van der Waals surface area contributed by atoms with Crippen molar-refractivity contribution >= 4 is 62.2 Å². The van der Waals surface area contributed by atoms with E-state index in [-0.39, 0.29) is 5.12 Å². The van der Waals surface area contributed by atoms with Crippen LogP contribution in [0, 0.1) is 3.57 Å².